The normalized spacial score (nSPS) is 13.2. The average molecular weight is 363 g/mol. The second-order valence-electron chi connectivity index (χ2n) is 5.47. The second-order valence-corrected chi connectivity index (χ2v) is 7.99. The van der Waals surface area contributed by atoms with Gasteiger partial charge in [-0.3, -0.25) is 4.79 Å². The molecular formula is C14H19ClN2O5S. The Hall–Kier alpha value is -1.64. The number of carboxylic acid groups (broad SMARTS) is 1. The molecule has 1 amide bonds. The average Bonchev–Trinajstić information content (AvgIpc) is 2.43. The maximum atomic E-state index is 12.2. The Kier molecular flexibility index (Phi) is 6.15. The number of carbonyl (C=O) groups is 2. The summed E-state index contributed by atoms with van der Waals surface area (Å²) in [5, 5.41) is 11.5. The predicted molar refractivity (Wildman–Crippen MR) is 86.1 cm³/mol. The third-order valence-electron chi connectivity index (χ3n) is 3.17. The van der Waals surface area contributed by atoms with Crippen molar-refractivity contribution < 1.29 is 23.1 Å². The van der Waals surface area contributed by atoms with E-state index < -0.39 is 27.9 Å². The number of nitrogens with zero attached hydrogens (tertiary/aromatic N) is 1. The van der Waals surface area contributed by atoms with Crippen molar-refractivity contribution in [3.05, 3.63) is 28.8 Å². The number of halogens is 1. The first-order valence-corrected chi connectivity index (χ1v) is 8.56. The van der Waals surface area contributed by atoms with Crippen LogP contribution in [0.15, 0.2) is 23.1 Å². The molecule has 0 spiro atoms. The van der Waals surface area contributed by atoms with Crippen LogP contribution in [0, 0.1) is 5.92 Å². The van der Waals surface area contributed by atoms with Crippen molar-refractivity contribution in [3.63, 3.8) is 0 Å². The van der Waals surface area contributed by atoms with E-state index in [0.717, 1.165) is 10.4 Å². The van der Waals surface area contributed by atoms with Crippen LogP contribution in [0.3, 0.4) is 0 Å². The lowest BCUT2D eigenvalue weighted by Gasteiger charge is -2.18. The lowest BCUT2D eigenvalue weighted by molar-refractivity contribution is -0.140. The summed E-state index contributed by atoms with van der Waals surface area (Å²) in [6, 6.07) is 2.68. The fourth-order valence-electron chi connectivity index (χ4n) is 1.78. The van der Waals surface area contributed by atoms with Crippen molar-refractivity contribution in [1.82, 2.24) is 9.62 Å². The summed E-state index contributed by atoms with van der Waals surface area (Å²) in [5.41, 5.74) is 0.0155. The molecular weight excluding hydrogens is 344 g/mol. The molecule has 0 saturated carbocycles. The Morgan fingerprint density at radius 2 is 1.83 bits per heavy atom. The van der Waals surface area contributed by atoms with Gasteiger partial charge in [0.25, 0.3) is 5.91 Å². The monoisotopic (exact) mass is 362 g/mol. The zero-order valence-corrected chi connectivity index (χ0v) is 14.8. The molecule has 2 N–H and O–H groups in total. The van der Waals surface area contributed by atoms with Gasteiger partial charge in [-0.1, -0.05) is 25.4 Å². The van der Waals surface area contributed by atoms with Crippen molar-refractivity contribution in [3.8, 4) is 0 Å². The summed E-state index contributed by atoms with van der Waals surface area (Å²) in [4.78, 5) is 23.1. The maximum Gasteiger partial charge on any atom is 0.326 e. The van der Waals surface area contributed by atoms with E-state index in [0.29, 0.717) is 0 Å². The molecule has 7 nitrogen and oxygen atoms in total. The quantitative estimate of drug-likeness (QED) is 0.796. The summed E-state index contributed by atoms with van der Waals surface area (Å²) in [6.07, 6.45) is 0. The summed E-state index contributed by atoms with van der Waals surface area (Å²) in [6.45, 7) is 3.31. The van der Waals surface area contributed by atoms with E-state index in [4.69, 9.17) is 16.7 Å². The molecule has 0 fully saturated rings. The lowest BCUT2D eigenvalue weighted by atomic mass is 10.0. The van der Waals surface area contributed by atoms with Crippen LogP contribution in [-0.4, -0.2) is 49.8 Å². The van der Waals surface area contributed by atoms with Gasteiger partial charge in [0.05, 0.1) is 5.02 Å². The van der Waals surface area contributed by atoms with Crippen LogP contribution >= 0.6 is 11.6 Å². The van der Waals surface area contributed by atoms with Gasteiger partial charge in [0.1, 0.15) is 10.9 Å². The lowest BCUT2D eigenvalue weighted by Crippen LogP contribution is -2.44. The molecule has 0 unspecified atom stereocenters. The molecule has 0 aliphatic carbocycles. The van der Waals surface area contributed by atoms with E-state index in [2.05, 4.69) is 5.32 Å². The first-order chi connectivity index (χ1) is 10.5. The standard InChI is InChI=1S/C14H19ClN2O5S/c1-8(2)12(14(19)20)16-13(18)9-5-6-10(15)11(7-9)23(21,22)17(3)4/h5-8,12H,1-4H3,(H,16,18)(H,19,20)/t12-/m0/s1. The van der Waals surface area contributed by atoms with E-state index in [1.54, 1.807) is 13.8 Å². The van der Waals surface area contributed by atoms with Crippen molar-refractivity contribution in [2.24, 2.45) is 5.92 Å². The Morgan fingerprint density at radius 1 is 1.26 bits per heavy atom. The van der Waals surface area contributed by atoms with Crippen molar-refractivity contribution in [2.75, 3.05) is 14.1 Å². The van der Waals surface area contributed by atoms with Gasteiger partial charge < -0.3 is 10.4 Å². The van der Waals surface area contributed by atoms with Crippen LogP contribution < -0.4 is 5.32 Å². The first-order valence-electron chi connectivity index (χ1n) is 6.74. The number of amides is 1. The largest absolute Gasteiger partial charge is 0.480 e. The van der Waals surface area contributed by atoms with E-state index in [9.17, 15) is 18.0 Å². The molecule has 0 radical (unpaired) electrons. The summed E-state index contributed by atoms with van der Waals surface area (Å²) < 4.78 is 25.3. The third kappa shape index (κ3) is 4.43. The minimum atomic E-state index is -3.82. The molecule has 1 rings (SSSR count). The van der Waals surface area contributed by atoms with Crippen LogP contribution in [0.1, 0.15) is 24.2 Å². The summed E-state index contributed by atoms with van der Waals surface area (Å²) in [5.74, 6) is -2.17. The van der Waals surface area contributed by atoms with Gasteiger partial charge >= 0.3 is 5.97 Å². The second kappa shape index (κ2) is 7.29. The number of benzene rings is 1. The molecule has 0 aliphatic heterocycles. The molecule has 0 saturated heterocycles. The van der Waals surface area contributed by atoms with Gasteiger partial charge in [0, 0.05) is 19.7 Å². The number of nitrogens with one attached hydrogen (secondary N) is 1. The molecule has 0 aromatic heterocycles. The van der Waals surface area contributed by atoms with Gasteiger partial charge in [-0.05, 0) is 24.1 Å². The minimum absolute atomic E-state index is 0.0155. The number of rotatable bonds is 6. The molecule has 1 atom stereocenters. The molecule has 0 heterocycles. The van der Waals surface area contributed by atoms with Crippen molar-refractivity contribution in [2.45, 2.75) is 24.8 Å². The number of hydrogen-bond acceptors (Lipinski definition) is 4. The highest BCUT2D eigenvalue weighted by atomic mass is 35.5. The minimum Gasteiger partial charge on any atom is -0.480 e. The molecule has 1 aromatic carbocycles. The number of sulfonamides is 1. The van der Waals surface area contributed by atoms with Gasteiger partial charge in [0.2, 0.25) is 10.0 Å². The topological polar surface area (TPSA) is 104 Å². The highest BCUT2D eigenvalue weighted by molar-refractivity contribution is 7.89. The Bertz CT molecular complexity index is 716. The van der Waals surface area contributed by atoms with Crippen molar-refractivity contribution >= 4 is 33.5 Å². The van der Waals surface area contributed by atoms with Crippen LogP contribution in [0.25, 0.3) is 0 Å². The van der Waals surface area contributed by atoms with Crippen LogP contribution in [0.4, 0.5) is 0 Å². The molecule has 0 aliphatic rings. The molecule has 9 heteroatoms. The van der Waals surface area contributed by atoms with Crippen LogP contribution in [0.5, 0.6) is 0 Å². The number of aliphatic carboxylic acids is 1. The van der Waals surface area contributed by atoms with Crippen LogP contribution in [-0.2, 0) is 14.8 Å². The predicted octanol–water partition coefficient (Wildman–Crippen LogP) is 1.43. The number of carboxylic acids is 1. The molecule has 23 heavy (non-hydrogen) atoms. The fraction of sp³-hybridized carbons (Fsp3) is 0.429. The Morgan fingerprint density at radius 3 is 2.26 bits per heavy atom. The van der Waals surface area contributed by atoms with Gasteiger partial charge in [0.15, 0.2) is 0 Å². The van der Waals surface area contributed by atoms with Crippen molar-refractivity contribution in [1.29, 1.82) is 0 Å². The zero-order chi connectivity index (χ0) is 17.9. The maximum absolute atomic E-state index is 12.2. The SMILES string of the molecule is CC(C)[C@H](NC(=O)c1ccc(Cl)c(S(=O)(=O)N(C)C)c1)C(=O)O. The van der Waals surface area contributed by atoms with E-state index in [1.165, 1.54) is 26.2 Å². The van der Waals surface area contributed by atoms with E-state index in [-0.39, 0.29) is 21.4 Å². The third-order valence-corrected chi connectivity index (χ3v) is 5.47. The van der Waals surface area contributed by atoms with E-state index in [1.807, 2.05) is 0 Å². The highest BCUT2D eigenvalue weighted by Gasteiger charge is 2.26. The van der Waals surface area contributed by atoms with Crippen LogP contribution in [0.2, 0.25) is 5.02 Å². The van der Waals surface area contributed by atoms with E-state index >= 15 is 0 Å². The molecule has 0 bridgehead atoms. The van der Waals surface area contributed by atoms with Gasteiger partial charge in [-0.25, -0.2) is 17.5 Å². The van der Waals surface area contributed by atoms with Gasteiger partial charge in [-0.2, -0.15) is 0 Å². The fourth-order valence-corrected chi connectivity index (χ4v) is 3.17. The number of carbonyl (C=O) groups excluding carboxylic acids is 1. The zero-order valence-electron chi connectivity index (χ0n) is 13.2. The molecule has 1 aromatic rings. The Labute approximate surface area is 140 Å². The summed E-state index contributed by atoms with van der Waals surface area (Å²) in [7, 11) is -1.13. The summed E-state index contributed by atoms with van der Waals surface area (Å²) >= 11 is 5.90. The highest BCUT2D eigenvalue weighted by Crippen LogP contribution is 2.24. The smallest absolute Gasteiger partial charge is 0.326 e. The van der Waals surface area contributed by atoms with Gasteiger partial charge in [-0.15, -0.1) is 0 Å². The number of hydrogen-bond donors (Lipinski definition) is 2. The molecule has 128 valence electrons. The Balaban J connectivity index is 3.21. The first kappa shape index (κ1) is 19.4.